The Labute approximate surface area is 324 Å². The highest BCUT2D eigenvalue weighted by molar-refractivity contribution is 5.27. The molecule has 0 amide bonds. The topological polar surface area (TPSA) is 38.7 Å². The maximum absolute atomic E-state index is 4.25. The zero-order chi connectivity index (χ0) is 40.0. The molecule has 0 saturated heterocycles. The Balaban J connectivity index is 0.000000321. The lowest BCUT2D eigenvalue weighted by atomic mass is 9.87. The Morgan fingerprint density at radius 1 is 0.358 bits per heavy atom. The van der Waals surface area contributed by atoms with Crippen LogP contribution in [0.15, 0.2) is 134 Å². The average Bonchev–Trinajstić information content (AvgIpc) is 3.10. The SMILES string of the molecule is Cc1ccc(C(C)(C)C)cc1.Cc1ccc(C(C)(C)C)cn1.Cc1ccccc1.Cc1ccccc1C.Cc1ccccn1.Cc1cnc(C)c(C)c1. The summed E-state index contributed by atoms with van der Waals surface area (Å²) in [6.07, 6.45) is 5.63. The van der Waals surface area contributed by atoms with E-state index in [9.17, 15) is 0 Å². The molecule has 0 atom stereocenters. The molecule has 0 bridgehead atoms. The first-order chi connectivity index (χ1) is 24.8. The van der Waals surface area contributed by atoms with E-state index in [1.54, 1.807) is 6.20 Å². The van der Waals surface area contributed by atoms with Gasteiger partial charge in [-0.15, -0.1) is 0 Å². The van der Waals surface area contributed by atoms with Crippen LogP contribution in [0.2, 0.25) is 0 Å². The summed E-state index contributed by atoms with van der Waals surface area (Å²) in [7, 11) is 0. The second-order valence-corrected chi connectivity index (χ2v) is 15.7. The molecule has 0 N–H and O–H groups in total. The highest BCUT2D eigenvalue weighted by atomic mass is 14.7. The first-order valence-electron chi connectivity index (χ1n) is 18.6. The molecule has 0 radical (unpaired) electrons. The van der Waals surface area contributed by atoms with Gasteiger partial charge in [-0.05, 0) is 125 Å². The predicted octanol–water partition coefficient (Wildman–Crippen LogP) is 13.7. The summed E-state index contributed by atoms with van der Waals surface area (Å²) < 4.78 is 0. The summed E-state index contributed by atoms with van der Waals surface area (Å²) >= 11 is 0. The number of pyridine rings is 3. The lowest BCUT2D eigenvalue weighted by molar-refractivity contribution is 0.587. The third-order valence-electron chi connectivity index (χ3n) is 8.35. The molecule has 3 aromatic heterocycles. The molecule has 0 spiro atoms. The van der Waals surface area contributed by atoms with Gasteiger partial charge in [0.15, 0.2) is 0 Å². The molecule has 282 valence electrons. The van der Waals surface area contributed by atoms with Crippen LogP contribution in [0.1, 0.15) is 103 Å². The molecule has 53 heavy (non-hydrogen) atoms. The van der Waals surface area contributed by atoms with Crippen molar-refractivity contribution in [3.05, 3.63) is 195 Å². The van der Waals surface area contributed by atoms with Gasteiger partial charge in [-0.1, -0.05) is 150 Å². The van der Waals surface area contributed by atoms with Crippen LogP contribution in [0, 0.1) is 62.3 Å². The van der Waals surface area contributed by atoms with Gasteiger partial charge < -0.3 is 0 Å². The number of nitrogens with zero attached hydrogens (tertiary/aromatic N) is 3. The fourth-order valence-electron chi connectivity index (χ4n) is 4.39. The molecule has 0 fully saturated rings. The van der Waals surface area contributed by atoms with Gasteiger partial charge in [0.05, 0.1) is 0 Å². The molecule has 0 aliphatic rings. The van der Waals surface area contributed by atoms with Crippen LogP contribution in [0.3, 0.4) is 0 Å². The van der Waals surface area contributed by atoms with Gasteiger partial charge in [-0.3, -0.25) is 15.0 Å². The van der Waals surface area contributed by atoms with E-state index >= 15 is 0 Å². The third-order valence-corrected chi connectivity index (χ3v) is 8.35. The normalized spacial score (nSPS) is 10.2. The fourth-order valence-corrected chi connectivity index (χ4v) is 4.39. The quantitative estimate of drug-likeness (QED) is 0.158. The predicted molar refractivity (Wildman–Crippen MR) is 232 cm³/mol. The molecule has 0 saturated carbocycles. The first kappa shape index (κ1) is 46.1. The van der Waals surface area contributed by atoms with Crippen molar-refractivity contribution >= 4 is 0 Å². The van der Waals surface area contributed by atoms with Gasteiger partial charge in [0.25, 0.3) is 0 Å². The summed E-state index contributed by atoms with van der Waals surface area (Å²) in [5.41, 5.74) is 14.4. The minimum absolute atomic E-state index is 0.223. The highest BCUT2D eigenvalue weighted by Gasteiger charge is 2.13. The van der Waals surface area contributed by atoms with Gasteiger partial charge in [-0.2, -0.15) is 0 Å². The summed E-state index contributed by atoms with van der Waals surface area (Å²) in [5.74, 6) is 0. The van der Waals surface area contributed by atoms with E-state index < -0.39 is 0 Å². The van der Waals surface area contributed by atoms with Gasteiger partial charge in [0.1, 0.15) is 0 Å². The smallest absolute Gasteiger partial charge is 0.0401 e. The van der Waals surface area contributed by atoms with Crippen molar-refractivity contribution in [1.82, 2.24) is 15.0 Å². The van der Waals surface area contributed by atoms with Crippen LogP contribution < -0.4 is 0 Å². The van der Waals surface area contributed by atoms with E-state index in [-0.39, 0.29) is 10.8 Å². The van der Waals surface area contributed by atoms with E-state index in [0.29, 0.717) is 0 Å². The van der Waals surface area contributed by atoms with Crippen molar-refractivity contribution < 1.29 is 0 Å². The monoisotopic (exact) mass is 710 g/mol. The van der Waals surface area contributed by atoms with Crippen molar-refractivity contribution in [1.29, 1.82) is 0 Å². The minimum Gasteiger partial charge on any atom is -0.262 e. The van der Waals surface area contributed by atoms with Crippen LogP contribution in [-0.2, 0) is 10.8 Å². The Bertz CT molecular complexity index is 1710. The number of hydrogen-bond donors (Lipinski definition) is 0. The lowest BCUT2D eigenvalue weighted by Crippen LogP contribution is -2.11. The zero-order valence-corrected chi connectivity index (χ0v) is 35.5. The molecule has 0 unspecified atom stereocenters. The van der Waals surface area contributed by atoms with Crippen molar-refractivity contribution in [2.24, 2.45) is 0 Å². The lowest BCUT2D eigenvalue weighted by Gasteiger charge is -2.18. The molecular formula is C50H67N3. The summed E-state index contributed by atoms with van der Waals surface area (Å²) in [5, 5.41) is 0. The van der Waals surface area contributed by atoms with E-state index in [4.69, 9.17) is 0 Å². The van der Waals surface area contributed by atoms with E-state index in [1.165, 1.54) is 44.5 Å². The first-order valence-corrected chi connectivity index (χ1v) is 18.6. The minimum atomic E-state index is 0.223. The molecule has 3 heteroatoms. The third kappa shape index (κ3) is 21.3. The Morgan fingerprint density at radius 2 is 0.830 bits per heavy atom. The fraction of sp³-hybridized carbons (Fsp3) is 0.340. The van der Waals surface area contributed by atoms with E-state index in [1.807, 2.05) is 69.6 Å². The van der Waals surface area contributed by atoms with Gasteiger partial charge in [-0.25, -0.2) is 0 Å². The van der Waals surface area contributed by atoms with Gasteiger partial charge >= 0.3 is 0 Å². The van der Waals surface area contributed by atoms with Crippen LogP contribution >= 0.6 is 0 Å². The van der Waals surface area contributed by atoms with Crippen LogP contribution in [0.4, 0.5) is 0 Å². The Kier molecular flexibility index (Phi) is 20.6. The largest absolute Gasteiger partial charge is 0.262 e. The number of aromatic nitrogens is 3. The summed E-state index contributed by atoms with van der Waals surface area (Å²) in [4.78, 5) is 12.4. The van der Waals surface area contributed by atoms with Gasteiger partial charge in [0.2, 0.25) is 0 Å². The number of benzene rings is 3. The molecule has 3 aromatic carbocycles. The number of aryl methyl sites for hydroxylation is 9. The zero-order valence-electron chi connectivity index (χ0n) is 35.5. The number of hydrogen-bond acceptors (Lipinski definition) is 3. The van der Waals surface area contributed by atoms with Crippen LogP contribution in [0.5, 0.6) is 0 Å². The molecule has 0 aliphatic heterocycles. The molecule has 0 aliphatic carbocycles. The standard InChI is InChI=1S/C11H16.C10H15N.C8H11N.C8H10.C7H8.C6H7N/c1-9-5-7-10(8-6-9)11(2,3)4;1-8-5-6-9(7-11-8)10(2,3)4;1-6-4-7(2)8(3)9-5-6;1-7-5-3-4-6-8(7)2;1-7-5-3-2-4-6-7;1-6-4-2-3-5-7-6/h5-8H,1-4H3;5-7H,1-4H3;4-5H,1-3H3;3-6H,1-2H3;2-6H,1H3;2-5H,1H3. The Hall–Kier alpha value is -4.89. The van der Waals surface area contributed by atoms with E-state index in [0.717, 1.165) is 17.1 Å². The van der Waals surface area contributed by atoms with Crippen molar-refractivity contribution in [2.45, 2.75) is 115 Å². The Morgan fingerprint density at radius 3 is 1.17 bits per heavy atom. The maximum atomic E-state index is 4.25. The second kappa shape index (κ2) is 23.6. The number of rotatable bonds is 0. The van der Waals surface area contributed by atoms with Crippen LogP contribution in [0.25, 0.3) is 0 Å². The maximum Gasteiger partial charge on any atom is 0.0401 e. The highest BCUT2D eigenvalue weighted by Crippen LogP contribution is 2.22. The van der Waals surface area contributed by atoms with Gasteiger partial charge in [0, 0.05) is 35.7 Å². The van der Waals surface area contributed by atoms with Crippen molar-refractivity contribution in [3.8, 4) is 0 Å². The van der Waals surface area contributed by atoms with E-state index in [2.05, 4.69) is 177 Å². The van der Waals surface area contributed by atoms with Crippen LogP contribution in [-0.4, -0.2) is 15.0 Å². The second-order valence-electron chi connectivity index (χ2n) is 15.7. The molecule has 6 rings (SSSR count). The summed E-state index contributed by atoms with van der Waals surface area (Å²) in [6, 6.07) is 39.6. The molecule has 3 nitrogen and oxygen atoms in total. The average molecular weight is 710 g/mol. The van der Waals surface area contributed by atoms with Crippen molar-refractivity contribution in [3.63, 3.8) is 0 Å². The van der Waals surface area contributed by atoms with Crippen molar-refractivity contribution in [2.75, 3.05) is 0 Å². The molecule has 3 heterocycles. The summed E-state index contributed by atoms with van der Waals surface area (Å²) in [6.45, 7) is 31.9. The molecular weight excluding hydrogens is 643 g/mol. The molecule has 6 aromatic rings.